The molecule has 1 fully saturated rings. The van der Waals surface area contributed by atoms with Gasteiger partial charge in [0.2, 0.25) is 6.10 Å². The number of methoxy groups -OCH3 is 1. The largest absolute Gasteiger partial charge is 0.466 e. The van der Waals surface area contributed by atoms with Crippen molar-refractivity contribution in [3.63, 3.8) is 0 Å². The van der Waals surface area contributed by atoms with Crippen LogP contribution in [0.5, 0.6) is 0 Å². The van der Waals surface area contributed by atoms with Crippen molar-refractivity contribution >= 4 is 23.3 Å². The van der Waals surface area contributed by atoms with Gasteiger partial charge in [0.25, 0.3) is 5.69 Å². The second kappa shape index (κ2) is 9.16. The van der Waals surface area contributed by atoms with Gasteiger partial charge in [0.05, 0.1) is 30.8 Å². The molecule has 9 nitrogen and oxygen atoms in total. The lowest BCUT2D eigenvalue weighted by Gasteiger charge is -2.28. The quantitative estimate of drug-likeness (QED) is 0.413. The lowest BCUT2D eigenvalue weighted by atomic mass is 10.1. The lowest BCUT2D eigenvalue weighted by Crippen LogP contribution is -2.36. The Labute approximate surface area is 166 Å². The molecule has 9 heteroatoms. The molecule has 0 saturated carbocycles. The number of rotatable bonds is 6. The summed E-state index contributed by atoms with van der Waals surface area (Å²) in [6.07, 6.45) is -1.27. The second-order valence-corrected chi connectivity index (χ2v) is 6.28. The van der Waals surface area contributed by atoms with Crippen LogP contribution in [-0.2, 0) is 19.0 Å². The van der Waals surface area contributed by atoms with Crippen molar-refractivity contribution in [2.75, 3.05) is 38.3 Å². The van der Waals surface area contributed by atoms with E-state index in [0.717, 1.165) is 6.07 Å². The van der Waals surface area contributed by atoms with Crippen molar-refractivity contribution in [2.24, 2.45) is 0 Å². The molecule has 29 heavy (non-hydrogen) atoms. The number of hydrogen-bond donors (Lipinski definition) is 0. The molecule has 1 aliphatic heterocycles. The van der Waals surface area contributed by atoms with Crippen LogP contribution in [0.15, 0.2) is 48.5 Å². The maximum Gasteiger partial charge on any atom is 0.351 e. The minimum absolute atomic E-state index is 0.0291. The first kappa shape index (κ1) is 20.3. The van der Waals surface area contributed by atoms with Gasteiger partial charge >= 0.3 is 11.9 Å². The first-order valence-electron chi connectivity index (χ1n) is 8.96. The van der Waals surface area contributed by atoms with Gasteiger partial charge in [-0.2, -0.15) is 0 Å². The summed E-state index contributed by atoms with van der Waals surface area (Å²) in [7, 11) is 1.19. The Morgan fingerprint density at radius 1 is 1.14 bits per heavy atom. The number of nitro groups is 1. The van der Waals surface area contributed by atoms with Gasteiger partial charge in [-0.15, -0.1) is 0 Å². The van der Waals surface area contributed by atoms with Gasteiger partial charge in [0.15, 0.2) is 0 Å². The number of esters is 2. The van der Waals surface area contributed by atoms with Crippen molar-refractivity contribution in [3.05, 3.63) is 69.8 Å². The fourth-order valence-electron chi connectivity index (χ4n) is 3.03. The van der Waals surface area contributed by atoms with Crippen molar-refractivity contribution < 1.29 is 28.7 Å². The van der Waals surface area contributed by atoms with Crippen LogP contribution < -0.4 is 4.90 Å². The third kappa shape index (κ3) is 4.69. The minimum atomic E-state index is -1.27. The first-order valence-corrected chi connectivity index (χ1v) is 8.96. The number of ether oxygens (including phenoxy) is 3. The number of anilines is 1. The first-order chi connectivity index (χ1) is 14.0. The molecule has 1 heterocycles. The summed E-state index contributed by atoms with van der Waals surface area (Å²) in [4.78, 5) is 37.6. The molecule has 3 rings (SSSR count). The van der Waals surface area contributed by atoms with Crippen molar-refractivity contribution in [1.29, 1.82) is 0 Å². The highest BCUT2D eigenvalue weighted by molar-refractivity contribution is 5.93. The Morgan fingerprint density at radius 2 is 1.83 bits per heavy atom. The highest BCUT2D eigenvalue weighted by Gasteiger charge is 2.28. The van der Waals surface area contributed by atoms with Crippen LogP contribution in [-0.4, -0.2) is 50.3 Å². The number of benzene rings is 2. The van der Waals surface area contributed by atoms with Crippen LogP contribution in [0, 0.1) is 10.1 Å². The zero-order valence-electron chi connectivity index (χ0n) is 15.8. The highest BCUT2D eigenvalue weighted by Crippen LogP contribution is 2.31. The number of hydrogen-bond acceptors (Lipinski definition) is 8. The molecule has 0 bridgehead atoms. The lowest BCUT2D eigenvalue weighted by molar-refractivity contribution is -0.384. The maximum absolute atomic E-state index is 12.6. The van der Waals surface area contributed by atoms with E-state index in [2.05, 4.69) is 0 Å². The van der Waals surface area contributed by atoms with Crippen LogP contribution in [0.2, 0.25) is 0 Å². The predicted molar refractivity (Wildman–Crippen MR) is 103 cm³/mol. The van der Waals surface area contributed by atoms with Gasteiger partial charge in [-0.3, -0.25) is 10.1 Å². The highest BCUT2D eigenvalue weighted by atomic mass is 16.6. The molecular weight excluding hydrogens is 380 g/mol. The van der Waals surface area contributed by atoms with Gasteiger partial charge in [0.1, 0.15) is 5.69 Å². The van der Waals surface area contributed by atoms with Crippen LogP contribution in [0.25, 0.3) is 0 Å². The van der Waals surface area contributed by atoms with Crippen LogP contribution in [0.4, 0.5) is 11.4 Å². The number of morpholine rings is 1. The summed E-state index contributed by atoms with van der Waals surface area (Å²) in [5, 5.41) is 11.6. The summed E-state index contributed by atoms with van der Waals surface area (Å²) >= 11 is 0. The average Bonchev–Trinajstić information content (AvgIpc) is 2.77. The van der Waals surface area contributed by atoms with Gasteiger partial charge < -0.3 is 19.1 Å². The van der Waals surface area contributed by atoms with E-state index in [1.807, 2.05) is 4.90 Å². The zero-order chi connectivity index (χ0) is 20.8. The van der Waals surface area contributed by atoms with Crippen LogP contribution >= 0.6 is 0 Å². The molecular formula is C20H20N2O7. The Morgan fingerprint density at radius 3 is 2.45 bits per heavy atom. The van der Waals surface area contributed by atoms with E-state index in [-0.39, 0.29) is 11.3 Å². The molecule has 0 radical (unpaired) electrons. The average molecular weight is 400 g/mol. The number of carbonyl (C=O) groups excluding carboxylic acids is 2. The third-order valence-electron chi connectivity index (χ3n) is 4.50. The standard InChI is InChI=1S/C20H20N2O7/c1-27-20(24)18(14-5-3-2-4-6-14)29-19(23)15-7-8-16(17(13-15)22(25)26)21-9-11-28-12-10-21/h2-8,13,18H,9-12H2,1H3. The third-order valence-corrected chi connectivity index (χ3v) is 4.50. The molecule has 0 N–H and O–H groups in total. The second-order valence-electron chi connectivity index (χ2n) is 6.28. The molecule has 2 aromatic rings. The number of carbonyl (C=O) groups is 2. The molecule has 152 valence electrons. The van der Waals surface area contributed by atoms with Gasteiger partial charge in [-0.1, -0.05) is 30.3 Å². The molecule has 1 atom stereocenters. The molecule has 1 saturated heterocycles. The molecule has 0 spiro atoms. The summed E-state index contributed by atoms with van der Waals surface area (Å²) in [5.41, 5.74) is 0.601. The van der Waals surface area contributed by atoms with Gasteiger partial charge in [-0.25, -0.2) is 9.59 Å². The van der Waals surface area contributed by atoms with E-state index >= 15 is 0 Å². The van der Waals surface area contributed by atoms with Gasteiger partial charge in [-0.05, 0) is 12.1 Å². The summed E-state index contributed by atoms with van der Waals surface area (Å²) in [6, 6.07) is 12.5. The fourth-order valence-corrected chi connectivity index (χ4v) is 3.03. The molecule has 0 aliphatic carbocycles. The van der Waals surface area contributed by atoms with E-state index in [0.29, 0.717) is 37.6 Å². The zero-order valence-corrected chi connectivity index (χ0v) is 15.8. The molecule has 1 unspecified atom stereocenters. The van der Waals surface area contributed by atoms with E-state index < -0.39 is 23.0 Å². The number of nitrogens with zero attached hydrogens (tertiary/aromatic N) is 2. The van der Waals surface area contributed by atoms with Crippen molar-refractivity contribution in [2.45, 2.75) is 6.10 Å². The Bertz CT molecular complexity index is 895. The molecule has 1 aliphatic rings. The smallest absolute Gasteiger partial charge is 0.351 e. The predicted octanol–water partition coefficient (Wildman–Crippen LogP) is 2.50. The summed E-state index contributed by atoms with van der Waals surface area (Å²) < 4.78 is 15.3. The summed E-state index contributed by atoms with van der Waals surface area (Å²) in [5.74, 6) is -1.61. The fraction of sp³-hybridized carbons (Fsp3) is 0.300. The summed E-state index contributed by atoms with van der Waals surface area (Å²) in [6.45, 7) is 1.98. The van der Waals surface area contributed by atoms with E-state index in [4.69, 9.17) is 14.2 Å². The normalized spacial score (nSPS) is 14.7. The topological polar surface area (TPSA) is 108 Å². The Kier molecular flexibility index (Phi) is 6.40. The Balaban J connectivity index is 1.86. The van der Waals surface area contributed by atoms with Gasteiger partial charge in [0, 0.05) is 24.7 Å². The molecule has 2 aromatic carbocycles. The van der Waals surface area contributed by atoms with Crippen molar-refractivity contribution in [1.82, 2.24) is 0 Å². The van der Waals surface area contributed by atoms with E-state index in [1.165, 1.54) is 19.2 Å². The van der Waals surface area contributed by atoms with Crippen LogP contribution in [0.1, 0.15) is 22.0 Å². The molecule has 0 aromatic heterocycles. The number of nitro benzene ring substituents is 1. The van der Waals surface area contributed by atoms with E-state index in [9.17, 15) is 19.7 Å². The maximum atomic E-state index is 12.6. The van der Waals surface area contributed by atoms with E-state index in [1.54, 1.807) is 30.3 Å². The monoisotopic (exact) mass is 400 g/mol. The SMILES string of the molecule is COC(=O)C(OC(=O)c1ccc(N2CCOCC2)c([N+](=O)[O-])c1)c1ccccc1. The minimum Gasteiger partial charge on any atom is -0.466 e. The van der Waals surface area contributed by atoms with Crippen molar-refractivity contribution in [3.8, 4) is 0 Å². The molecule has 0 amide bonds. The Hall–Kier alpha value is -3.46. The van der Waals surface area contributed by atoms with Crippen LogP contribution in [0.3, 0.4) is 0 Å².